The third-order valence-electron chi connectivity index (χ3n) is 3.08. The third kappa shape index (κ3) is 3.51. The normalized spacial score (nSPS) is 10.4. The zero-order chi connectivity index (χ0) is 15.2. The van der Waals surface area contributed by atoms with Gasteiger partial charge >= 0.3 is 0 Å². The molecule has 0 radical (unpaired) electrons. The van der Waals surface area contributed by atoms with E-state index in [0.717, 1.165) is 11.1 Å². The van der Waals surface area contributed by atoms with Crippen molar-refractivity contribution in [3.63, 3.8) is 0 Å². The molecule has 3 rings (SSSR count). The molecule has 0 atom stereocenters. The van der Waals surface area contributed by atoms with Gasteiger partial charge in [0, 0.05) is 18.9 Å². The Bertz CT molecular complexity index is 724. The summed E-state index contributed by atoms with van der Waals surface area (Å²) in [7, 11) is 0. The maximum Gasteiger partial charge on any atom is 0.271 e. The van der Waals surface area contributed by atoms with Crippen LogP contribution in [0.2, 0.25) is 0 Å². The van der Waals surface area contributed by atoms with Crippen molar-refractivity contribution in [1.29, 1.82) is 0 Å². The Morgan fingerprint density at radius 3 is 2.59 bits per heavy atom. The van der Waals surface area contributed by atoms with E-state index in [1.807, 2.05) is 24.3 Å². The lowest BCUT2D eigenvalue weighted by Gasteiger charge is -2.06. The molecule has 110 valence electrons. The Balaban J connectivity index is 1.56. The van der Waals surface area contributed by atoms with Crippen molar-refractivity contribution in [3.05, 3.63) is 72.3 Å². The zero-order valence-electron chi connectivity index (χ0n) is 11.8. The number of hydrogen-bond acceptors (Lipinski definition) is 5. The summed E-state index contributed by atoms with van der Waals surface area (Å²) in [6.45, 7) is 1.12. The highest BCUT2D eigenvalue weighted by molar-refractivity contribution is 5.91. The van der Waals surface area contributed by atoms with E-state index in [0.29, 0.717) is 18.8 Å². The molecular weight excluding hydrogens is 280 g/mol. The fraction of sp³-hybridized carbons (Fsp3) is 0.133. The Kier molecular flexibility index (Phi) is 4.15. The Labute approximate surface area is 127 Å². The number of benzene rings is 1. The molecule has 1 aromatic carbocycles. The first-order valence-corrected chi connectivity index (χ1v) is 6.76. The third-order valence-corrected chi connectivity index (χ3v) is 3.08. The van der Waals surface area contributed by atoms with E-state index >= 15 is 0 Å². The van der Waals surface area contributed by atoms with Crippen LogP contribution in [0.15, 0.2) is 55.5 Å². The van der Waals surface area contributed by atoms with Crippen LogP contribution in [-0.2, 0) is 13.1 Å². The first-order chi connectivity index (χ1) is 10.8. The minimum Gasteiger partial charge on any atom is -0.347 e. The zero-order valence-corrected chi connectivity index (χ0v) is 11.8. The number of nitrogens with one attached hydrogen (secondary N) is 1. The summed E-state index contributed by atoms with van der Waals surface area (Å²) in [5, 5.41) is 6.87. The molecule has 22 heavy (non-hydrogen) atoms. The first-order valence-electron chi connectivity index (χ1n) is 6.76. The molecule has 0 saturated heterocycles. The van der Waals surface area contributed by atoms with Gasteiger partial charge in [-0.3, -0.25) is 9.78 Å². The smallest absolute Gasteiger partial charge is 0.271 e. The summed E-state index contributed by atoms with van der Waals surface area (Å²) in [5.41, 5.74) is 2.44. The van der Waals surface area contributed by atoms with Gasteiger partial charge in [-0.25, -0.2) is 14.6 Å². The van der Waals surface area contributed by atoms with Crippen molar-refractivity contribution >= 4 is 5.91 Å². The molecule has 3 aromatic rings. The van der Waals surface area contributed by atoms with Crippen molar-refractivity contribution in [2.24, 2.45) is 0 Å². The van der Waals surface area contributed by atoms with Crippen molar-refractivity contribution in [3.8, 4) is 0 Å². The first kappa shape index (κ1) is 13.9. The highest BCUT2D eigenvalue weighted by Gasteiger charge is 2.06. The quantitative estimate of drug-likeness (QED) is 0.760. The average Bonchev–Trinajstić information content (AvgIpc) is 3.08. The molecule has 0 aliphatic rings. The van der Waals surface area contributed by atoms with Crippen molar-refractivity contribution in [2.75, 3.05) is 0 Å². The topological polar surface area (TPSA) is 85.6 Å². The van der Waals surface area contributed by atoms with Gasteiger partial charge in [0.2, 0.25) is 0 Å². The molecule has 0 saturated carbocycles. The predicted octanol–water partition coefficient (Wildman–Crippen LogP) is 1.05. The van der Waals surface area contributed by atoms with Crippen molar-refractivity contribution in [1.82, 2.24) is 30.0 Å². The van der Waals surface area contributed by atoms with E-state index in [4.69, 9.17) is 0 Å². The van der Waals surface area contributed by atoms with Crippen molar-refractivity contribution in [2.45, 2.75) is 13.1 Å². The molecule has 1 amide bonds. The number of carbonyl (C=O) groups excluding carboxylic acids is 1. The molecule has 0 fully saturated rings. The summed E-state index contributed by atoms with van der Waals surface area (Å²) in [6.07, 6.45) is 7.65. The maximum absolute atomic E-state index is 11.9. The van der Waals surface area contributed by atoms with E-state index in [9.17, 15) is 4.79 Å². The number of amides is 1. The lowest BCUT2D eigenvalue weighted by molar-refractivity contribution is 0.0945. The van der Waals surface area contributed by atoms with E-state index in [1.165, 1.54) is 24.9 Å². The van der Waals surface area contributed by atoms with Gasteiger partial charge in [-0.2, -0.15) is 5.10 Å². The largest absolute Gasteiger partial charge is 0.347 e. The highest BCUT2D eigenvalue weighted by atomic mass is 16.1. The van der Waals surface area contributed by atoms with Crippen LogP contribution >= 0.6 is 0 Å². The highest BCUT2D eigenvalue weighted by Crippen LogP contribution is 2.06. The number of rotatable bonds is 5. The lowest BCUT2D eigenvalue weighted by atomic mass is 10.1. The van der Waals surface area contributed by atoms with Gasteiger partial charge < -0.3 is 5.32 Å². The number of nitrogens with zero attached hydrogens (tertiary/aromatic N) is 5. The fourth-order valence-corrected chi connectivity index (χ4v) is 1.95. The number of hydrogen-bond donors (Lipinski definition) is 1. The van der Waals surface area contributed by atoms with Gasteiger partial charge in [-0.15, -0.1) is 0 Å². The van der Waals surface area contributed by atoms with Crippen LogP contribution < -0.4 is 5.32 Å². The summed E-state index contributed by atoms with van der Waals surface area (Å²) >= 11 is 0. The van der Waals surface area contributed by atoms with Gasteiger partial charge in [0.05, 0.1) is 12.7 Å². The lowest BCUT2D eigenvalue weighted by Crippen LogP contribution is -2.23. The van der Waals surface area contributed by atoms with Crippen LogP contribution in [0.4, 0.5) is 0 Å². The molecule has 1 N–H and O–H groups in total. The van der Waals surface area contributed by atoms with Gasteiger partial charge in [0.1, 0.15) is 18.3 Å². The van der Waals surface area contributed by atoms with Crippen LogP contribution in [0.3, 0.4) is 0 Å². The Morgan fingerprint density at radius 2 is 1.91 bits per heavy atom. The number of aromatic nitrogens is 5. The fourth-order valence-electron chi connectivity index (χ4n) is 1.95. The van der Waals surface area contributed by atoms with E-state index in [2.05, 4.69) is 25.4 Å². The second-order valence-electron chi connectivity index (χ2n) is 4.68. The molecule has 2 heterocycles. The van der Waals surface area contributed by atoms with Gasteiger partial charge in [0.25, 0.3) is 5.91 Å². The molecule has 0 unspecified atom stereocenters. The molecule has 2 aromatic heterocycles. The average molecular weight is 294 g/mol. The number of carbonyl (C=O) groups is 1. The minimum absolute atomic E-state index is 0.236. The molecule has 0 bridgehead atoms. The van der Waals surface area contributed by atoms with Crippen LogP contribution in [0.1, 0.15) is 21.6 Å². The van der Waals surface area contributed by atoms with Gasteiger partial charge in [0.15, 0.2) is 0 Å². The Hall–Kier alpha value is -3.09. The molecule has 7 heteroatoms. The summed E-state index contributed by atoms with van der Waals surface area (Å²) in [4.78, 5) is 23.6. The predicted molar refractivity (Wildman–Crippen MR) is 78.8 cm³/mol. The van der Waals surface area contributed by atoms with Gasteiger partial charge in [-0.05, 0) is 11.1 Å². The van der Waals surface area contributed by atoms with E-state index < -0.39 is 0 Å². The summed E-state index contributed by atoms with van der Waals surface area (Å²) in [6, 6.07) is 7.96. The monoisotopic (exact) mass is 294 g/mol. The minimum atomic E-state index is -0.236. The van der Waals surface area contributed by atoms with Crippen LogP contribution in [0.25, 0.3) is 0 Å². The van der Waals surface area contributed by atoms with E-state index in [1.54, 1.807) is 11.0 Å². The SMILES string of the molecule is O=C(NCc1ccc(Cn2cncn2)cc1)c1cnccn1. The molecule has 7 nitrogen and oxygen atoms in total. The maximum atomic E-state index is 11.9. The summed E-state index contributed by atoms with van der Waals surface area (Å²) in [5.74, 6) is -0.236. The van der Waals surface area contributed by atoms with Crippen molar-refractivity contribution < 1.29 is 4.79 Å². The second kappa shape index (κ2) is 6.57. The van der Waals surface area contributed by atoms with Gasteiger partial charge in [-0.1, -0.05) is 24.3 Å². The van der Waals surface area contributed by atoms with Crippen LogP contribution in [0.5, 0.6) is 0 Å². The van der Waals surface area contributed by atoms with Crippen LogP contribution in [0, 0.1) is 0 Å². The molecule has 0 spiro atoms. The molecule has 0 aliphatic carbocycles. The van der Waals surface area contributed by atoms with E-state index in [-0.39, 0.29) is 5.91 Å². The molecule has 0 aliphatic heterocycles. The van der Waals surface area contributed by atoms with Crippen LogP contribution in [-0.4, -0.2) is 30.6 Å². The standard InChI is InChI=1S/C15H14N6O/c22-15(14-8-16-5-6-18-14)19-7-12-1-3-13(4-2-12)9-21-11-17-10-20-21/h1-6,8,10-11H,7,9H2,(H,19,22). The summed E-state index contributed by atoms with van der Waals surface area (Å²) < 4.78 is 1.75. The molecular formula is C15H14N6O. The second-order valence-corrected chi connectivity index (χ2v) is 4.68. The Morgan fingerprint density at radius 1 is 1.09 bits per heavy atom.